The van der Waals surface area contributed by atoms with Gasteiger partial charge in [-0.3, -0.25) is 14.2 Å². The van der Waals surface area contributed by atoms with Crippen molar-refractivity contribution in [2.45, 2.75) is 45.1 Å². The molecule has 1 saturated carbocycles. The SMILES string of the molecule is O=C(O)c1cccc(Oc2ccc(Nc3ncc(CC(=O)C4CCCCC4)c(=O)n3Cc3ccc(Cl)cc3)cc2)c1. The number of ether oxygens (including phenoxy) is 1. The number of carboxylic acid groups (broad SMARTS) is 1. The number of aromatic carboxylic acids is 1. The standard InChI is InChI=1S/C32H30ClN3O5/c33-25-11-9-21(10-12-25)20-36-30(38)24(18-29(37)22-5-2-1-3-6-22)19-34-32(36)35-26-13-15-27(16-14-26)41-28-8-4-7-23(17-28)31(39)40/h4,7-17,19,22H,1-3,5-6,18,20H2,(H,34,35)(H,39,40). The quantitative estimate of drug-likeness (QED) is 0.214. The number of carboxylic acids is 1. The molecule has 0 aliphatic heterocycles. The summed E-state index contributed by atoms with van der Waals surface area (Å²) in [6.45, 7) is 0.248. The molecule has 2 N–H and O–H groups in total. The number of rotatable bonds is 10. The fourth-order valence-corrected chi connectivity index (χ4v) is 5.12. The highest BCUT2D eigenvalue weighted by atomic mass is 35.5. The van der Waals surface area contributed by atoms with Crippen LogP contribution in [0.1, 0.15) is 53.6 Å². The van der Waals surface area contributed by atoms with Crippen LogP contribution in [-0.2, 0) is 17.8 Å². The molecule has 0 bridgehead atoms. The number of ketones is 1. The fourth-order valence-electron chi connectivity index (χ4n) is 4.99. The third-order valence-corrected chi connectivity index (χ3v) is 7.48. The molecule has 9 heteroatoms. The number of hydrogen-bond donors (Lipinski definition) is 2. The molecule has 0 amide bonds. The molecule has 0 spiro atoms. The maximum Gasteiger partial charge on any atom is 0.335 e. The van der Waals surface area contributed by atoms with E-state index in [0.717, 1.165) is 37.7 Å². The van der Waals surface area contributed by atoms with E-state index in [9.17, 15) is 19.5 Å². The molecule has 0 radical (unpaired) electrons. The van der Waals surface area contributed by atoms with Crippen molar-refractivity contribution in [3.05, 3.63) is 111 Å². The first-order valence-electron chi connectivity index (χ1n) is 13.6. The molecule has 0 atom stereocenters. The Balaban J connectivity index is 1.37. The first-order chi connectivity index (χ1) is 19.9. The summed E-state index contributed by atoms with van der Waals surface area (Å²) in [7, 11) is 0. The summed E-state index contributed by atoms with van der Waals surface area (Å²) in [6, 6.07) is 20.5. The number of Topliss-reactive ketones (excluding diaryl/α,β-unsaturated/α-hetero) is 1. The molecule has 5 rings (SSSR count). The Morgan fingerprint density at radius 2 is 1.71 bits per heavy atom. The average Bonchev–Trinajstić information content (AvgIpc) is 2.99. The molecule has 0 unspecified atom stereocenters. The summed E-state index contributed by atoms with van der Waals surface area (Å²) < 4.78 is 7.34. The molecule has 1 aromatic heterocycles. The van der Waals surface area contributed by atoms with Crippen molar-refractivity contribution in [3.63, 3.8) is 0 Å². The van der Waals surface area contributed by atoms with Crippen LogP contribution in [0.15, 0.2) is 83.8 Å². The van der Waals surface area contributed by atoms with Gasteiger partial charge in [-0.2, -0.15) is 0 Å². The molecule has 41 heavy (non-hydrogen) atoms. The Labute approximate surface area is 242 Å². The summed E-state index contributed by atoms with van der Waals surface area (Å²) in [4.78, 5) is 42.4. The molecular formula is C32H30ClN3O5. The van der Waals surface area contributed by atoms with Crippen LogP contribution in [0, 0.1) is 5.92 Å². The number of nitrogens with one attached hydrogen (secondary N) is 1. The van der Waals surface area contributed by atoms with E-state index in [-0.39, 0.29) is 35.8 Å². The van der Waals surface area contributed by atoms with E-state index in [1.54, 1.807) is 48.5 Å². The highest BCUT2D eigenvalue weighted by Crippen LogP contribution is 2.27. The van der Waals surface area contributed by atoms with Gasteiger partial charge in [-0.15, -0.1) is 0 Å². The van der Waals surface area contributed by atoms with Crippen molar-refractivity contribution in [1.29, 1.82) is 0 Å². The summed E-state index contributed by atoms with van der Waals surface area (Å²) in [5, 5.41) is 13.0. The summed E-state index contributed by atoms with van der Waals surface area (Å²) in [5.41, 5.74) is 1.78. The Bertz CT molecular complexity index is 1590. The highest BCUT2D eigenvalue weighted by molar-refractivity contribution is 6.30. The number of anilines is 2. The number of benzene rings is 3. The second-order valence-electron chi connectivity index (χ2n) is 10.2. The van der Waals surface area contributed by atoms with Crippen LogP contribution in [0.2, 0.25) is 5.02 Å². The second-order valence-corrected chi connectivity index (χ2v) is 10.6. The smallest absolute Gasteiger partial charge is 0.335 e. The lowest BCUT2D eigenvalue weighted by molar-refractivity contribution is -0.123. The number of hydrogen-bond acceptors (Lipinski definition) is 6. The molecule has 3 aromatic carbocycles. The van der Waals surface area contributed by atoms with E-state index >= 15 is 0 Å². The number of halogens is 1. The average molecular weight is 572 g/mol. The van der Waals surface area contributed by atoms with Crippen LogP contribution in [0.25, 0.3) is 0 Å². The van der Waals surface area contributed by atoms with E-state index in [1.807, 2.05) is 12.1 Å². The van der Waals surface area contributed by atoms with Crippen molar-refractivity contribution < 1.29 is 19.4 Å². The predicted octanol–water partition coefficient (Wildman–Crippen LogP) is 6.87. The van der Waals surface area contributed by atoms with E-state index in [1.165, 1.54) is 22.9 Å². The van der Waals surface area contributed by atoms with Crippen molar-refractivity contribution in [1.82, 2.24) is 9.55 Å². The molecule has 1 heterocycles. The maximum atomic E-state index is 13.6. The van der Waals surface area contributed by atoms with Crippen LogP contribution in [-0.4, -0.2) is 26.4 Å². The van der Waals surface area contributed by atoms with Gasteiger partial charge in [0.15, 0.2) is 0 Å². The Morgan fingerprint density at radius 1 is 0.976 bits per heavy atom. The van der Waals surface area contributed by atoms with Gasteiger partial charge < -0.3 is 15.2 Å². The minimum Gasteiger partial charge on any atom is -0.478 e. The molecule has 1 aliphatic carbocycles. The van der Waals surface area contributed by atoms with Crippen molar-refractivity contribution in [2.24, 2.45) is 5.92 Å². The number of carbonyl (C=O) groups is 2. The van der Waals surface area contributed by atoms with E-state index in [2.05, 4.69) is 10.3 Å². The van der Waals surface area contributed by atoms with E-state index in [4.69, 9.17) is 16.3 Å². The minimum absolute atomic E-state index is 0.0120. The third-order valence-electron chi connectivity index (χ3n) is 7.22. The van der Waals surface area contributed by atoms with Gasteiger partial charge in [-0.1, -0.05) is 49.1 Å². The van der Waals surface area contributed by atoms with Gasteiger partial charge in [-0.25, -0.2) is 9.78 Å². The molecule has 4 aromatic rings. The lowest BCUT2D eigenvalue weighted by atomic mass is 9.84. The normalized spacial score (nSPS) is 13.5. The number of carbonyl (C=O) groups excluding carboxylic acids is 1. The number of aromatic nitrogens is 2. The van der Waals surface area contributed by atoms with Gasteiger partial charge in [0.2, 0.25) is 5.95 Å². The van der Waals surface area contributed by atoms with Crippen molar-refractivity contribution in [2.75, 3.05) is 5.32 Å². The van der Waals surface area contributed by atoms with E-state index < -0.39 is 5.97 Å². The zero-order chi connectivity index (χ0) is 28.8. The molecule has 0 saturated heterocycles. The Hall–Kier alpha value is -4.43. The summed E-state index contributed by atoms with van der Waals surface area (Å²) in [5.74, 6) is 0.339. The molecule has 210 valence electrons. The lowest BCUT2D eigenvalue weighted by Gasteiger charge is -2.20. The van der Waals surface area contributed by atoms with Gasteiger partial charge in [0.05, 0.1) is 12.1 Å². The van der Waals surface area contributed by atoms with Gasteiger partial charge in [-0.05, 0) is 73.0 Å². The second kappa shape index (κ2) is 12.8. The fraction of sp³-hybridized carbons (Fsp3) is 0.250. The Kier molecular flexibility index (Phi) is 8.79. The van der Waals surface area contributed by atoms with Crippen LogP contribution in [0.4, 0.5) is 11.6 Å². The molecular weight excluding hydrogens is 542 g/mol. The summed E-state index contributed by atoms with van der Waals surface area (Å²) in [6.07, 6.45) is 6.60. The van der Waals surface area contributed by atoms with Crippen LogP contribution in [0.3, 0.4) is 0 Å². The van der Waals surface area contributed by atoms with Gasteiger partial charge in [0.25, 0.3) is 5.56 Å². The van der Waals surface area contributed by atoms with Crippen molar-refractivity contribution in [3.8, 4) is 11.5 Å². The maximum absolute atomic E-state index is 13.6. The minimum atomic E-state index is -1.03. The highest BCUT2D eigenvalue weighted by Gasteiger charge is 2.23. The first-order valence-corrected chi connectivity index (χ1v) is 14.0. The molecule has 1 aliphatic rings. The van der Waals surface area contributed by atoms with Gasteiger partial charge in [0.1, 0.15) is 17.3 Å². The summed E-state index contributed by atoms with van der Waals surface area (Å²) >= 11 is 6.06. The van der Waals surface area contributed by atoms with Gasteiger partial charge >= 0.3 is 5.97 Å². The monoisotopic (exact) mass is 571 g/mol. The zero-order valence-corrected chi connectivity index (χ0v) is 23.1. The lowest BCUT2D eigenvalue weighted by Crippen LogP contribution is -2.30. The first kappa shape index (κ1) is 28.1. The third kappa shape index (κ3) is 7.21. The molecule has 1 fully saturated rings. The largest absolute Gasteiger partial charge is 0.478 e. The van der Waals surface area contributed by atoms with Gasteiger partial charge in [0, 0.05) is 34.8 Å². The topological polar surface area (TPSA) is 111 Å². The number of nitrogens with zero attached hydrogens (tertiary/aromatic N) is 2. The van der Waals surface area contributed by atoms with Crippen molar-refractivity contribution >= 4 is 35.0 Å². The Morgan fingerprint density at radius 3 is 2.41 bits per heavy atom. The zero-order valence-electron chi connectivity index (χ0n) is 22.4. The van der Waals surface area contributed by atoms with Crippen LogP contribution < -0.4 is 15.6 Å². The predicted molar refractivity (Wildman–Crippen MR) is 158 cm³/mol. The molecule has 8 nitrogen and oxygen atoms in total. The van der Waals surface area contributed by atoms with E-state index in [0.29, 0.717) is 33.7 Å². The van der Waals surface area contributed by atoms with Crippen LogP contribution in [0.5, 0.6) is 11.5 Å². The van der Waals surface area contributed by atoms with Crippen LogP contribution >= 0.6 is 11.6 Å².